The number of allylic oxidation sites excluding steroid dienone is 1. The molecular formula is C21H18N4O2S. The van der Waals surface area contributed by atoms with E-state index in [0.29, 0.717) is 46.5 Å². The Bertz CT molecular complexity index is 1170. The summed E-state index contributed by atoms with van der Waals surface area (Å²) >= 11 is 1.40. The van der Waals surface area contributed by atoms with Crippen LogP contribution in [0.15, 0.2) is 81.7 Å². The minimum Gasteiger partial charge on any atom is -0.338 e. The fourth-order valence-corrected chi connectivity index (χ4v) is 3.72. The molecule has 0 atom stereocenters. The Morgan fingerprint density at radius 3 is 2.68 bits per heavy atom. The number of fused-ring (bicyclic) bond motifs is 1. The monoisotopic (exact) mass is 390 g/mol. The van der Waals surface area contributed by atoms with E-state index in [0.717, 1.165) is 5.56 Å². The second kappa shape index (κ2) is 8.22. The largest absolute Gasteiger partial charge is 0.338 e. The molecule has 0 spiro atoms. The van der Waals surface area contributed by atoms with E-state index in [-0.39, 0.29) is 5.56 Å². The zero-order valence-corrected chi connectivity index (χ0v) is 15.9. The molecule has 4 aromatic rings. The molecule has 0 saturated carbocycles. The van der Waals surface area contributed by atoms with Gasteiger partial charge in [0.2, 0.25) is 5.89 Å². The highest BCUT2D eigenvalue weighted by atomic mass is 32.2. The molecule has 4 rings (SSSR count). The van der Waals surface area contributed by atoms with Crippen LogP contribution in [0.2, 0.25) is 0 Å². The molecule has 6 nitrogen and oxygen atoms in total. The fourth-order valence-electron chi connectivity index (χ4n) is 2.87. The summed E-state index contributed by atoms with van der Waals surface area (Å²) in [5.41, 5.74) is 1.72. The second-order valence-corrected chi connectivity index (χ2v) is 7.11. The van der Waals surface area contributed by atoms with Gasteiger partial charge in [0.15, 0.2) is 11.0 Å². The Kier molecular flexibility index (Phi) is 5.34. The van der Waals surface area contributed by atoms with Crippen molar-refractivity contribution in [3.05, 3.63) is 94.9 Å². The summed E-state index contributed by atoms with van der Waals surface area (Å²) in [6, 6.07) is 17.3. The molecule has 0 saturated heterocycles. The SMILES string of the molecule is C=CCn1c(SCc2nc(Cc3ccccc3)no2)nc2ccccc2c1=O. The molecule has 0 fully saturated rings. The molecule has 0 amide bonds. The van der Waals surface area contributed by atoms with Crippen LogP contribution >= 0.6 is 11.8 Å². The third-order valence-electron chi connectivity index (χ3n) is 4.18. The van der Waals surface area contributed by atoms with Gasteiger partial charge in [0.1, 0.15) is 0 Å². The van der Waals surface area contributed by atoms with Crippen molar-refractivity contribution in [2.45, 2.75) is 23.9 Å². The van der Waals surface area contributed by atoms with Gasteiger partial charge in [-0.25, -0.2) is 4.98 Å². The average molecular weight is 390 g/mol. The molecule has 0 radical (unpaired) electrons. The summed E-state index contributed by atoms with van der Waals surface area (Å²) < 4.78 is 6.97. The molecule has 0 aliphatic carbocycles. The smallest absolute Gasteiger partial charge is 0.262 e. The highest BCUT2D eigenvalue weighted by Gasteiger charge is 2.13. The van der Waals surface area contributed by atoms with Crippen molar-refractivity contribution in [2.75, 3.05) is 0 Å². The van der Waals surface area contributed by atoms with Gasteiger partial charge in [-0.3, -0.25) is 9.36 Å². The Labute approximate surface area is 165 Å². The number of hydrogen-bond acceptors (Lipinski definition) is 6. The Morgan fingerprint density at radius 2 is 1.86 bits per heavy atom. The van der Waals surface area contributed by atoms with E-state index in [2.05, 4.69) is 21.7 Å². The van der Waals surface area contributed by atoms with E-state index in [1.807, 2.05) is 48.5 Å². The van der Waals surface area contributed by atoms with Crippen molar-refractivity contribution in [1.82, 2.24) is 19.7 Å². The van der Waals surface area contributed by atoms with Crippen molar-refractivity contribution in [1.29, 1.82) is 0 Å². The van der Waals surface area contributed by atoms with Gasteiger partial charge in [0.05, 0.1) is 16.7 Å². The maximum absolute atomic E-state index is 12.8. The van der Waals surface area contributed by atoms with Gasteiger partial charge in [-0.15, -0.1) is 6.58 Å². The van der Waals surface area contributed by atoms with Gasteiger partial charge in [0.25, 0.3) is 5.56 Å². The lowest BCUT2D eigenvalue weighted by molar-refractivity contribution is 0.385. The standard InChI is InChI=1S/C21H18N4O2S/c1-2-12-25-20(26)16-10-6-7-11-17(16)22-21(25)28-14-19-23-18(24-27-19)13-15-8-4-3-5-9-15/h2-11H,1,12-14H2. The molecule has 0 aliphatic heterocycles. The van der Waals surface area contributed by atoms with Crippen LogP contribution in [0.4, 0.5) is 0 Å². The van der Waals surface area contributed by atoms with Gasteiger partial charge in [0, 0.05) is 13.0 Å². The minimum absolute atomic E-state index is 0.0803. The third-order valence-corrected chi connectivity index (χ3v) is 5.14. The van der Waals surface area contributed by atoms with Crippen molar-refractivity contribution >= 4 is 22.7 Å². The van der Waals surface area contributed by atoms with Gasteiger partial charge < -0.3 is 4.52 Å². The topological polar surface area (TPSA) is 73.8 Å². The van der Waals surface area contributed by atoms with Crippen molar-refractivity contribution < 1.29 is 4.52 Å². The first-order valence-corrected chi connectivity index (χ1v) is 9.82. The molecular weight excluding hydrogens is 372 g/mol. The van der Waals surface area contributed by atoms with Crippen molar-refractivity contribution in [3.8, 4) is 0 Å². The molecule has 0 bridgehead atoms. The van der Waals surface area contributed by atoms with E-state index in [4.69, 9.17) is 4.52 Å². The average Bonchev–Trinajstić information content (AvgIpc) is 3.17. The van der Waals surface area contributed by atoms with Crippen molar-refractivity contribution in [3.63, 3.8) is 0 Å². The van der Waals surface area contributed by atoms with Crippen molar-refractivity contribution in [2.24, 2.45) is 0 Å². The van der Waals surface area contributed by atoms with Crippen LogP contribution in [0.25, 0.3) is 10.9 Å². The first-order valence-electron chi connectivity index (χ1n) is 8.83. The van der Waals surface area contributed by atoms with Gasteiger partial charge in [-0.2, -0.15) is 4.98 Å². The fraction of sp³-hybridized carbons (Fsp3) is 0.143. The number of rotatable bonds is 7. The first-order chi connectivity index (χ1) is 13.7. The number of benzene rings is 2. The maximum atomic E-state index is 12.8. The maximum Gasteiger partial charge on any atom is 0.262 e. The van der Waals surface area contributed by atoms with Crippen LogP contribution in [0.1, 0.15) is 17.3 Å². The van der Waals surface area contributed by atoms with Gasteiger partial charge in [-0.1, -0.05) is 65.5 Å². The summed E-state index contributed by atoms with van der Waals surface area (Å²) in [7, 11) is 0. The highest BCUT2D eigenvalue weighted by Crippen LogP contribution is 2.22. The molecule has 140 valence electrons. The lowest BCUT2D eigenvalue weighted by atomic mass is 10.1. The zero-order chi connectivity index (χ0) is 19.3. The van der Waals surface area contributed by atoms with Crippen LogP contribution in [0.3, 0.4) is 0 Å². The molecule has 2 heterocycles. The molecule has 0 N–H and O–H groups in total. The van der Waals surface area contributed by atoms with Crippen LogP contribution < -0.4 is 5.56 Å². The van der Waals surface area contributed by atoms with Crippen LogP contribution in [0.5, 0.6) is 0 Å². The Balaban J connectivity index is 1.55. The molecule has 0 aliphatic rings. The van der Waals surface area contributed by atoms with Gasteiger partial charge >= 0.3 is 0 Å². The lowest BCUT2D eigenvalue weighted by Crippen LogP contribution is -2.22. The van der Waals surface area contributed by atoms with Gasteiger partial charge in [-0.05, 0) is 17.7 Å². The van der Waals surface area contributed by atoms with E-state index in [1.54, 1.807) is 16.7 Å². The summed E-state index contributed by atoms with van der Waals surface area (Å²) in [5.74, 6) is 1.57. The molecule has 28 heavy (non-hydrogen) atoms. The number of nitrogens with zero attached hydrogens (tertiary/aromatic N) is 4. The summed E-state index contributed by atoms with van der Waals surface area (Å²) in [6.07, 6.45) is 2.30. The minimum atomic E-state index is -0.0803. The predicted octanol–water partition coefficient (Wildman–Crippen LogP) is 3.85. The molecule has 2 aromatic heterocycles. The van der Waals surface area contributed by atoms with E-state index < -0.39 is 0 Å². The summed E-state index contributed by atoms with van der Waals surface area (Å²) in [6.45, 7) is 4.13. The lowest BCUT2D eigenvalue weighted by Gasteiger charge is -2.10. The van der Waals surface area contributed by atoms with Crippen LogP contribution in [0, 0.1) is 0 Å². The first kappa shape index (κ1) is 18.2. The number of thioether (sulfide) groups is 1. The number of aromatic nitrogens is 4. The second-order valence-electron chi connectivity index (χ2n) is 6.17. The molecule has 7 heteroatoms. The van der Waals surface area contributed by atoms with E-state index >= 15 is 0 Å². The summed E-state index contributed by atoms with van der Waals surface area (Å²) in [5, 5.41) is 5.24. The normalized spacial score (nSPS) is 11.0. The number of para-hydroxylation sites is 1. The zero-order valence-electron chi connectivity index (χ0n) is 15.1. The predicted molar refractivity (Wildman–Crippen MR) is 109 cm³/mol. The Morgan fingerprint density at radius 1 is 1.07 bits per heavy atom. The van der Waals surface area contributed by atoms with E-state index in [9.17, 15) is 4.79 Å². The third kappa shape index (κ3) is 3.89. The summed E-state index contributed by atoms with van der Waals surface area (Å²) in [4.78, 5) is 21.8. The highest BCUT2D eigenvalue weighted by molar-refractivity contribution is 7.98. The van der Waals surface area contributed by atoms with Crippen LogP contribution in [-0.2, 0) is 18.7 Å². The quantitative estimate of drug-likeness (QED) is 0.271. The van der Waals surface area contributed by atoms with Crippen LogP contribution in [-0.4, -0.2) is 19.7 Å². The molecule has 2 aromatic carbocycles. The molecule has 0 unspecified atom stereocenters. The Hall–Kier alpha value is -3.19. The van der Waals surface area contributed by atoms with E-state index in [1.165, 1.54) is 11.8 Å². The number of hydrogen-bond donors (Lipinski definition) is 0.